The van der Waals surface area contributed by atoms with Crippen molar-refractivity contribution >= 4 is 17.4 Å². The van der Waals surface area contributed by atoms with Gasteiger partial charge in [0.25, 0.3) is 0 Å². The standard InChI is InChI=1S/C19H19NO4/c1-13(21)14-7-8-17(23-2)15(11-14)12-19(22)20-9-10-24-18-6-4-3-5-16(18)20/h3-8,11H,9-10,12H2,1-2H3. The van der Waals surface area contributed by atoms with Gasteiger partial charge in [0.05, 0.1) is 25.8 Å². The van der Waals surface area contributed by atoms with Crippen LogP contribution < -0.4 is 14.4 Å². The van der Waals surface area contributed by atoms with Crippen LogP contribution in [0.15, 0.2) is 42.5 Å². The van der Waals surface area contributed by atoms with Crippen LogP contribution in [0.1, 0.15) is 22.8 Å². The number of fused-ring (bicyclic) bond motifs is 1. The van der Waals surface area contributed by atoms with Crippen molar-refractivity contribution in [1.82, 2.24) is 0 Å². The molecule has 1 heterocycles. The second-order valence-electron chi connectivity index (χ2n) is 5.62. The fourth-order valence-electron chi connectivity index (χ4n) is 2.82. The molecule has 0 saturated carbocycles. The second-order valence-corrected chi connectivity index (χ2v) is 5.62. The van der Waals surface area contributed by atoms with E-state index in [1.165, 1.54) is 6.92 Å². The lowest BCUT2D eigenvalue weighted by molar-refractivity contribution is -0.118. The summed E-state index contributed by atoms with van der Waals surface area (Å²) in [6.45, 7) is 2.48. The molecule has 0 aromatic heterocycles. The Morgan fingerprint density at radius 2 is 2.00 bits per heavy atom. The number of ketones is 1. The Bertz CT molecular complexity index is 785. The lowest BCUT2D eigenvalue weighted by Crippen LogP contribution is -2.38. The molecule has 5 nitrogen and oxygen atoms in total. The van der Waals surface area contributed by atoms with Gasteiger partial charge in [-0.1, -0.05) is 12.1 Å². The van der Waals surface area contributed by atoms with Crippen LogP contribution in [-0.4, -0.2) is 32.0 Å². The number of anilines is 1. The van der Waals surface area contributed by atoms with E-state index in [0.29, 0.717) is 35.8 Å². The van der Waals surface area contributed by atoms with Crippen LogP contribution in [0.4, 0.5) is 5.69 Å². The Kier molecular flexibility index (Phi) is 4.51. The van der Waals surface area contributed by atoms with Crippen molar-refractivity contribution in [2.24, 2.45) is 0 Å². The summed E-state index contributed by atoms with van der Waals surface area (Å²) in [5.41, 5.74) is 2.05. The molecule has 0 bridgehead atoms. The average molecular weight is 325 g/mol. The summed E-state index contributed by atoms with van der Waals surface area (Å²) in [5, 5.41) is 0. The maximum absolute atomic E-state index is 12.8. The van der Waals surface area contributed by atoms with Gasteiger partial charge in [0.1, 0.15) is 18.1 Å². The van der Waals surface area contributed by atoms with Crippen molar-refractivity contribution in [3.63, 3.8) is 0 Å². The molecule has 0 saturated heterocycles. The van der Waals surface area contributed by atoms with Crippen molar-refractivity contribution in [1.29, 1.82) is 0 Å². The summed E-state index contributed by atoms with van der Waals surface area (Å²) >= 11 is 0. The van der Waals surface area contributed by atoms with Crippen LogP contribution >= 0.6 is 0 Å². The summed E-state index contributed by atoms with van der Waals surface area (Å²) in [4.78, 5) is 26.1. The lowest BCUT2D eigenvalue weighted by Gasteiger charge is -2.29. The first-order valence-corrected chi connectivity index (χ1v) is 7.80. The first-order valence-electron chi connectivity index (χ1n) is 7.80. The number of hydrogen-bond acceptors (Lipinski definition) is 4. The molecule has 0 unspecified atom stereocenters. The molecule has 5 heteroatoms. The largest absolute Gasteiger partial charge is 0.496 e. The SMILES string of the molecule is COc1ccc(C(C)=O)cc1CC(=O)N1CCOc2ccccc21. The van der Waals surface area contributed by atoms with Crippen LogP contribution in [-0.2, 0) is 11.2 Å². The monoisotopic (exact) mass is 325 g/mol. The number of nitrogens with zero attached hydrogens (tertiary/aromatic N) is 1. The summed E-state index contributed by atoms with van der Waals surface area (Å²) in [6.07, 6.45) is 0.165. The highest BCUT2D eigenvalue weighted by atomic mass is 16.5. The third-order valence-electron chi connectivity index (χ3n) is 4.06. The molecular formula is C19H19NO4. The van der Waals surface area contributed by atoms with Crippen LogP contribution in [0.5, 0.6) is 11.5 Å². The maximum atomic E-state index is 12.8. The number of carbonyl (C=O) groups excluding carboxylic acids is 2. The van der Waals surface area contributed by atoms with Crippen molar-refractivity contribution in [2.75, 3.05) is 25.2 Å². The summed E-state index contributed by atoms with van der Waals surface area (Å²) in [5.74, 6) is 1.23. The molecule has 3 rings (SSSR count). The minimum Gasteiger partial charge on any atom is -0.496 e. The highest BCUT2D eigenvalue weighted by molar-refractivity contribution is 5.98. The molecule has 0 radical (unpaired) electrons. The van der Waals surface area contributed by atoms with E-state index in [-0.39, 0.29) is 18.1 Å². The van der Waals surface area contributed by atoms with Gasteiger partial charge in [-0.15, -0.1) is 0 Å². The Balaban J connectivity index is 1.88. The van der Waals surface area contributed by atoms with Crippen molar-refractivity contribution < 1.29 is 19.1 Å². The van der Waals surface area contributed by atoms with Gasteiger partial charge in [-0.25, -0.2) is 0 Å². The maximum Gasteiger partial charge on any atom is 0.231 e. The zero-order chi connectivity index (χ0) is 17.1. The highest BCUT2D eigenvalue weighted by Gasteiger charge is 2.24. The molecule has 0 spiro atoms. The fourth-order valence-corrected chi connectivity index (χ4v) is 2.82. The van der Waals surface area contributed by atoms with E-state index in [0.717, 1.165) is 5.69 Å². The Morgan fingerprint density at radius 1 is 1.21 bits per heavy atom. The van der Waals surface area contributed by atoms with Gasteiger partial charge in [-0.05, 0) is 37.3 Å². The summed E-state index contributed by atoms with van der Waals surface area (Å²) in [7, 11) is 1.56. The molecule has 124 valence electrons. The average Bonchev–Trinajstić information content (AvgIpc) is 2.61. The lowest BCUT2D eigenvalue weighted by atomic mass is 10.0. The number of ether oxygens (including phenoxy) is 2. The smallest absolute Gasteiger partial charge is 0.231 e. The van der Waals surface area contributed by atoms with E-state index in [1.54, 1.807) is 30.2 Å². The van der Waals surface area contributed by atoms with Gasteiger partial charge in [-0.3, -0.25) is 9.59 Å². The number of para-hydroxylation sites is 2. The van der Waals surface area contributed by atoms with E-state index in [4.69, 9.17) is 9.47 Å². The van der Waals surface area contributed by atoms with Gasteiger partial charge in [0.2, 0.25) is 5.91 Å². The second kappa shape index (κ2) is 6.74. The number of benzene rings is 2. The topological polar surface area (TPSA) is 55.8 Å². The molecule has 0 atom stereocenters. The van der Waals surface area contributed by atoms with Gasteiger partial charge >= 0.3 is 0 Å². The third-order valence-corrected chi connectivity index (χ3v) is 4.06. The van der Waals surface area contributed by atoms with E-state index < -0.39 is 0 Å². The van der Waals surface area contributed by atoms with E-state index >= 15 is 0 Å². The van der Waals surface area contributed by atoms with Gasteiger partial charge in [-0.2, -0.15) is 0 Å². The van der Waals surface area contributed by atoms with Crippen molar-refractivity contribution in [3.05, 3.63) is 53.6 Å². The van der Waals surface area contributed by atoms with Crippen LogP contribution in [0.2, 0.25) is 0 Å². The zero-order valence-electron chi connectivity index (χ0n) is 13.7. The molecule has 2 aromatic rings. The number of carbonyl (C=O) groups is 2. The fraction of sp³-hybridized carbons (Fsp3) is 0.263. The molecule has 1 aliphatic rings. The molecule has 0 N–H and O–H groups in total. The molecule has 0 aliphatic carbocycles. The normalized spacial score (nSPS) is 13.0. The number of hydrogen-bond donors (Lipinski definition) is 0. The third kappa shape index (κ3) is 3.11. The van der Waals surface area contributed by atoms with E-state index in [2.05, 4.69) is 0 Å². The van der Waals surface area contributed by atoms with Gasteiger partial charge in [0.15, 0.2) is 5.78 Å². The van der Waals surface area contributed by atoms with E-state index in [1.807, 2.05) is 24.3 Å². The van der Waals surface area contributed by atoms with Gasteiger partial charge < -0.3 is 14.4 Å². The Morgan fingerprint density at radius 3 is 2.75 bits per heavy atom. The zero-order valence-corrected chi connectivity index (χ0v) is 13.7. The number of Topliss-reactive ketones (excluding diaryl/α,β-unsaturated/α-hetero) is 1. The number of rotatable bonds is 4. The minimum absolute atomic E-state index is 0.0388. The predicted octanol–water partition coefficient (Wildman–Crippen LogP) is 2.87. The predicted molar refractivity (Wildman–Crippen MR) is 91.0 cm³/mol. The highest BCUT2D eigenvalue weighted by Crippen LogP contribution is 2.32. The Labute approximate surface area is 140 Å². The number of methoxy groups -OCH3 is 1. The molecule has 1 amide bonds. The van der Waals surface area contributed by atoms with Crippen molar-refractivity contribution in [3.8, 4) is 11.5 Å². The molecule has 24 heavy (non-hydrogen) atoms. The molecular weight excluding hydrogens is 306 g/mol. The summed E-state index contributed by atoms with van der Waals surface area (Å²) in [6, 6.07) is 12.6. The molecule has 0 fully saturated rings. The summed E-state index contributed by atoms with van der Waals surface area (Å²) < 4.78 is 10.9. The van der Waals surface area contributed by atoms with Crippen molar-refractivity contribution in [2.45, 2.75) is 13.3 Å². The first kappa shape index (κ1) is 16.1. The minimum atomic E-state index is -0.0512. The Hall–Kier alpha value is -2.82. The van der Waals surface area contributed by atoms with Crippen LogP contribution in [0.25, 0.3) is 0 Å². The van der Waals surface area contributed by atoms with Crippen LogP contribution in [0, 0.1) is 0 Å². The first-order chi connectivity index (χ1) is 11.6. The molecule has 1 aliphatic heterocycles. The number of amides is 1. The molecule has 2 aromatic carbocycles. The van der Waals surface area contributed by atoms with Gasteiger partial charge in [0, 0.05) is 11.1 Å². The van der Waals surface area contributed by atoms with E-state index in [9.17, 15) is 9.59 Å². The van der Waals surface area contributed by atoms with Crippen LogP contribution in [0.3, 0.4) is 0 Å². The quantitative estimate of drug-likeness (QED) is 0.811.